The normalized spacial score (nSPS) is 13.0. The molecule has 0 aliphatic carbocycles. The molecule has 1 aliphatic heterocycles. The Bertz CT molecular complexity index is 2070. The van der Waals surface area contributed by atoms with Crippen LogP contribution in [0.5, 0.6) is 5.75 Å². The van der Waals surface area contributed by atoms with Crippen molar-refractivity contribution in [3.63, 3.8) is 0 Å². The maximum Gasteiger partial charge on any atom is 0.490 e. The quantitative estimate of drug-likeness (QED) is 0.130. The van der Waals surface area contributed by atoms with Gasteiger partial charge in [-0.15, -0.1) is 0 Å². The Morgan fingerprint density at radius 3 is 1.76 bits per heavy atom. The van der Waals surface area contributed by atoms with E-state index in [1.807, 2.05) is 36.4 Å². The molecule has 0 bridgehead atoms. The van der Waals surface area contributed by atoms with Gasteiger partial charge in [0.05, 0.1) is 43.0 Å². The summed E-state index contributed by atoms with van der Waals surface area (Å²) in [5.74, 6) is -5.67. The zero-order chi connectivity index (χ0) is 43.9. The Labute approximate surface area is 332 Å². The number of carboxylic acids is 2. The Hall–Kier alpha value is -6.68. The van der Waals surface area contributed by atoms with Crippen LogP contribution >= 0.6 is 0 Å². The van der Waals surface area contributed by atoms with Crippen LogP contribution in [-0.2, 0) is 28.4 Å². The molecule has 318 valence electrons. The summed E-state index contributed by atoms with van der Waals surface area (Å²) in [6, 6.07) is 14.3. The summed E-state index contributed by atoms with van der Waals surface area (Å²) in [5, 5.41) is 22.8. The average molecular weight is 840 g/mol. The molecule has 0 radical (unpaired) electrons. The lowest BCUT2D eigenvalue weighted by molar-refractivity contribution is -0.193. The predicted octanol–water partition coefficient (Wildman–Crippen LogP) is 4.77. The Morgan fingerprint density at radius 2 is 1.29 bits per heavy atom. The zero-order valence-electron chi connectivity index (χ0n) is 31.6. The number of methoxy groups -OCH3 is 1. The number of hydrogen-bond donors (Lipinski definition) is 5. The van der Waals surface area contributed by atoms with E-state index in [0.29, 0.717) is 53.8 Å². The third-order valence-electron chi connectivity index (χ3n) is 7.90. The molecule has 22 heteroatoms. The molecule has 5 N–H and O–H groups in total. The molecule has 0 atom stereocenters. The third-order valence-corrected chi connectivity index (χ3v) is 7.90. The number of hydrogen-bond acceptors (Lipinski definition) is 9. The first kappa shape index (κ1) is 46.7. The molecular formula is C37H39F6N7O9. The van der Waals surface area contributed by atoms with Crippen molar-refractivity contribution in [1.82, 2.24) is 24.3 Å². The number of aromatic nitrogens is 3. The summed E-state index contributed by atoms with van der Waals surface area (Å²) in [4.78, 5) is 63.1. The highest BCUT2D eigenvalue weighted by Crippen LogP contribution is 2.19. The summed E-state index contributed by atoms with van der Waals surface area (Å²) in [6.07, 6.45) is -1.53. The Morgan fingerprint density at radius 1 is 0.780 bits per heavy atom. The number of alkyl halides is 6. The van der Waals surface area contributed by atoms with Crippen LogP contribution in [0.3, 0.4) is 0 Å². The number of ether oxygens (including phenoxy) is 2. The minimum Gasteiger partial charge on any atom is -0.497 e. The fourth-order valence-electron chi connectivity index (χ4n) is 4.89. The number of nitrogens with one attached hydrogen (secondary N) is 3. The van der Waals surface area contributed by atoms with Crippen molar-refractivity contribution in [3.05, 3.63) is 95.3 Å². The predicted molar refractivity (Wildman–Crippen MR) is 200 cm³/mol. The van der Waals surface area contributed by atoms with Crippen molar-refractivity contribution in [2.75, 3.05) is 57.1 Å². The van der Waals surface area contributed by atoms with E-state index in [9.17, 15) is 40.7 Å². The van der Waals surface area contributed by atoms with E-state index in [1.165, 1.54) is 6.20 Å². The highest BCUT2D eigenvalue weighted by molar-refractivity contribution is 6.07. The van der Waals surface area contributed by atoms with E-state index in [1.54, 1.807) is 67.0 Å². The number of nitrogens with zero attached hydrogens (tertiary/aromatic N) is 4. The maximum absolute atomic E-state index is 13.1. The van der Waals surface area contributed by atoms with Crippen molar-refractivity contribution in [2.45, 2.75) is 12.4 Å². The molecular weight excluding hydrogens is 800 g/mol. The van der Waals surface area contributed by atoms with Crippen molar-refractivity contribution in [2.24, 2.45) is 14.1 Å². The SMILES string of the molecule is COc1ccc(/C=C/c2ccc(C(=O)Nc3cc(C(=O)Nc4cc(C(=O)NCCN5CCOCC5)n(C)c4)n(C)c3)cn2)cc1.O=C(O)C(F)(F)F.O=C(O)C(F)(F)F. The monoisotopic (exact) mass is 839 g/mol. The van der Waals surface area contributed by atoms with Crippen LogP contribution in [0.1, 0.15) is 42.6 Å². The largest absolute Gasteiger partial charge is 0.497 e. The minimum atomic E-state index is -5.08. The fraction of sp³-hybridized carbons (Fsp3) is 0.297. The second-order valence-electron chi connectivity index (χ2n) is 12.3. The third kappa shape index (κ3) is 15.3. The lowest BCUT2D eigenvalue weighted by Gasteiger charge is -2.26. The zero-order valence-corrected chi connectivity index (χ0v) is 31.6. The van der Waals surface area contributed by atoms with E-state index >= 15 is 0 Å². The van der Waals surface area contributed by atoms with Gasteiger partial charge in [0, 0.05) is 58.9 Å². The summed E-state index contributed by atoms with van der Waals surface area (Å²) in [6.45, 7) is 4.40. The van der Waals surface area contributed by atoms with Gasteiger partial charge in [0.1, 0.15) is 17.1 Å². The van der Waals surface area contributed by atoms with Crippen LogP contribution < -0.4 is 20.7 Å². The molecule has 1 aromatic carbocycles. The van der Waals surface area contributed by atoms with Crippen LogP contribution in [0.2, 0.25) is 0 Å². The molecule has 1 aliphatic rings. The van der Waals surface area contributed by atoms with Gasteiger partial charge in [0.2, 0.25) is 0 Å². The fourth-order valence-corrected chi connectivity index (χ4v) is 4.89. The van der Waals surface area contributed by atoms with Gasteiger partial charge in [-0.25, -0.2) is 9.59 Å². The molecule has 4 aromatic rings. The van der Waals surface area contributed by atoms with Crippen molar-refractivity contribution >= 4 is 53.2 Å². The van der Waals surface area contributed by atoms with E-state index < -0.39 is 24.3 Å². The van der Waals surface area contributed by atoms with Crippen molar-refractivity contribution in [3.8, 4) is 5.75 Å². The number of pyridine rings is 1. The Balaban J connectivity index is 0.000000569. The number of carboxylic acid groups (broad SMARTS) is 2. The molecule has 0 saturated carbocycles. The number of carbonyl (C=O) groups excluding carboxylic acids is 3. The maximum atomic E-state index is 13.1. The number of carbonyl (C=O) groups is 5. The van der Waals surface area contributed by atoms with Gasteiger partial charge in [-0.2, -0.15) is 26.3 Å². The number of halogens is 6. The highest BCUT2D eigenvalue weighted by Gasteiger charge is 2.39. The second kappa shape index (κ2) is 21.2. The molecule has 3 aromatic heterocycles. The van der Waals surface area contributed by atoms with Crippen LogP contribution in [-0.4, -0.2) is 118 Å². The van der Waals surface area contributed by atoms with E-state index in [0.717, 1.165) is 30.9 Å². The van der Waals surface area contributed by atoms with Gasteiger partial charge in [-0.3, -0.25) is 24.3 Å². The lowest BCUT2D eigenvalue weighted by Crippen LogP contribution is -2.41. The second-order valence-corrected chi connectivity index (χ2v) is 12.3. The molecule has 5 rings (SSSR count). The summed E-state index contributed by atoms with van der Waals surface area (Å²) < 4.78 is 77.3. The first-order chi connectivity index (χ1) is 27.7. The smallest absolute Gasteiger partial charge is 0.490 e. The topological polar surface area (TPSA) is 206 Å². The first-order valence-corrected chi connectivity index (χ1v) is 17.1. The van der Waals surface area contributed by atoms with Crippen molar-refractivity contribution in [1.29, 1.82) is 0 Å². The van der Waals surface area contributed by atoms with Gasteiger partial charge in [0.15, 0.2) is 0 Å². The Kier molecular flexibility index (Phi) is 16.8. The van der Waals surface area contributed by atoms with Gasteiger partial charge < -0.3 is 44.8 Å². The van der Waals surface area contributed by atoms with E-state index in [-0.39, 0.29) is 17.7 Å². The molecule has 0 unspecified atom stereocenters. The number of rotatable bonds is 11. The highest BCUT2D eigenvalue weighted by atomic mass is 19.4. The van der Waals surface area contributed by atoms with Crippen LogP contribution in [0.15, 0.2) is 67.1 Å². The first-order valence-electron chi connectivity index (χ1n) is 17.1. The van der Waals surface area contributed by atoms with E-state index in [2.05, 4.69) is 25.8 Å². The number of amides is 3. The van der Waals surface area contributed by atoms with Gasteiger partial charge in [0.25, 0.3) is 17.7 Å². The lowest BCUT2D eigenvalue weighted by atomic mass is 10.1. The number of aryl methyl sites for hydroxylation is 2. The van der Waals surface area contributed by atoms with Crippen LogP contribution in [0.25, 0.3) is 12.2 Å². The van der Waals surface area contributed by atoms with Gasteiger partial charge in [-0.1, -0.05) is 18.2 Å². The summed E-state index contributed by atoms with van der Waals surface area (Å²) in [7, 11) is 5.09. The molecule has 0 spiro atoms. The minimum absolute atomic E-state index is 0.217. The van der Waals surface area contributed by atoms with Crippen LogP contribution in [0, 0.1) is 0 Å². The molecule has 1 saturated heterocycles. The summed E-state index contributed by atoms with van der Waals surface area (Å²) in [5.41, 5.74) is 3.80. The average Bonchev–Trinajstić information content (AvgIpc) is 3.74. The molecule has 3 amide bonds. The van der Waals surface area contributed by atoms with Crippen molar-refractivity contribution < 1.29 is 70.0 Å². The molecule has 1 fully saturated rings. The molecule has 4 heterocycles. The number of morpholine rings is 1. The standard InChI is InChI=1S/C33H37N7O5.2C2HF3O2/c1-38-22-27(18-29(38)32(42)34-12-13-40-14-16-45-17-15-40)37-33(43)30-19-26(21-39(30)2)36-31(41)24-7-9-25(35-20-24)8-4-23-5-10-28(44-3)11-6-23;2*3-2(4,5)1(6)7/h4-11,18-22H,12-17H2,1-3H3,(H,34,42)(H,36,41)(H,37,43);2*(H,6,7)/b8-4+;;. The molecule has 16 nitrogen and oxygen atoms in total. The molecule has 59 heavy (non-hydrogen) atoms. The number of aliphatic carboxylic acids is 2. The van der Waals surface area contributed by atoms with Crippen LogP contribution in [0.4, 0.5) is 37.7 Å². The van der Waals surface area contributed by atoms with Gasteiger partial charge in [-0.05, 0) is 48.0 Å². The summed E-state index contributed by atoms with van der Waals surface area (Å²) >= 11 is 0. The number of benzene rings is 1. The number of anilines is 2. The van der Waals surface area contributed by atoms with Gasteiger partial charge >= 0.3 is 24.3 Å². The van der Waals surface area contributed by atoms with E-state index in [4.69, 9.17) is 29.3 Å².